The Balaban J connectivity index is 1.27. The van der Waals surface area contributed by atoms with Crippen LogP contribution in [0.5, 0.6) is 0 Å². The zero-order valence-corrected chi connectivity index (χ0v) is 20.4. The summed E-state index contributed by atoms with van der Waals surface area (Å²) in [6.07, 6.45) is 3.09. The smallest absolute Gasteiger partial charge is 0.263 e. The van der Waals surface area contributed by atoms with E-state index in [1.54, 1.807) is 0 Å². The van der Waals surface area contributed by atoms with Gasteiger partial charge in [0.25, 0.3) is 5.91 Å². The second-order valence-electron chi connectivity index (χ2n) is 8.85. The van der Waals surface area contributed by atoms with Gasteiger partial charge in [-0.05, 0) is 73.0 Å². The summed E-state index contributed by atoms with van der Waals surface area (Å²) in [4.78, 5) is 18.5. The molecule has 7 heteroatoms. The minimum absolute atomic E-state index is 0.138. The van der Waals surface area contributed by atoms with Gasteiger partial charge in [0.2, 0.25) is 0 Å². The van der Waals surface area contributed by atoms with Crippen molar-refractivity contribution in [3.63, 3.8) is 0 Å². The van der Waals surface area contributed by atoms with E-state index >= 15 is 0 Å². The highest BCUT2D eigenvalue weighted by Gasteiger charge is 2.32. The first-order valence-corrected chi connectivity index (χ1v) is 13.1. The first-order chi connectivity index (χ1) is 16.2. The molecule has 1 aliphatic rings. The number of amides is 1. The number of benzene rings is 2. The normalized spacial score (nSPS) is 16.2. The predicted octanol–water partition coefficient (Wildman–Crippen LogP) is 5.35. The van der Waals surface area contributed by atoms with Crippen LogP contribution in [0.3, 0.4) is 0 Å². The summed E-state index contributed by atoms with van der Waals surface area (Å²) < 4.78 is 8.68. The number of carbonyl (C=O) groups excluding carboxylic acids is 1. The van der Waals surface area contributed by atoms with Crippen LogP contribution >= 0.6 is 23.1 Å². The summed E-state index contributed by atoms with van der Waals surface area (Å²) in [5.74, 6) is 0.624. The van der Waals surface area contributed by atoms with Gasteiger partial charge in [0, 0.05) is 19.6 Å². The zero-order valence-electron chi connectivity index (χ0n) is 18.8. The predicted molar refractivity (Wildman–Crippen MR) is 136 cm³/mol. The van der Waals surface area contributed by atoms with Crippen LogP contribution in [0.2, 0.25) is 0 Å². The van der Waals surface area contributed by atoms with Crippen molar-refractivity contribution in [1.82, 2.24) is 18.5 Å². The van der Waals surface area contributed by atoms with Gasteiger partial charge in [-0.25, -0.2) is 0 Å². The molecule has 4 aromatic rings. The highest BCUT2D eigenvalue weighted by Crippen LogP contribution is 2.29. The topological polar surface area (TPSA) is 49.3 Å². The number of fused-ring (bicyclic) bond motifs is 1. The minimum Gasteiger partial charge on any atom is -0.337 e. The van der Waals surface area contributed by atoms with Crippen LogP contribution < -0.4 is 0 Å². The summed E-state index contributed by atoms with van der Waals surface area (Å²) >= 11 is 2.80. The first-order valence-electron chi connectivity index (χ1n) is 11.5. The molecule has 2 aromatic heterocycles. The summed E-state index contributed by atoms with van der Waals surface area (Å²) in [6, 6.07) is 21.1. The van der Waals surface area contributed by atoms with Gasteiger partial charge in [-0.1, -0.05) is 42.5 Å². The van der Waals surface area contributed by atoms with Crippen LogP contribution in [-0.2, 0) is 13.0 Å². The first kappa shape index (κ1) is 22.2. The monoisotopic (exact) mass is 476 g/mol. The molecule has 2 aromatic carbocycles. The molecule has 1 saturated heterocycles. The number of thiophene rings is 1. The highest BCUT2D eigenvalue weighted by molar-refractivity contribution is 7.12. The third-order valence-electron chi connectivity index (χ3n) is 6.74. The van der Waals surface area contributed by atoms with Crippen molar-refractivity contribution >= 4 is 40.0 Å². The lowest BCUT2D eigenvalue weighted by Gasteiger charge is -2.40. The number of likely N-dealkylation sites (tertiary alicyclic amines) is 1. The van der Waals surface area contributed by atoms with Crippen LogP contribution in [0, 0.1) is 5.92 Å². The maximum Gasteiger partial charge on any atom is 0.263 e. The van der Waals surface area contributed by atoms with E-state index in [0.29, 0.717) is 5.92 Å². The van der Waals surface area contributed by atoms with Crippen molar-refractivity contribution in [3.8, 4) is 0 Å². The molecule has 3 heterocycles. The third kappa shape index (κ3) is 5.16. The van der Waals surface area contributed by atoms with Crippen molar-refractivity contribution in [2.75, 3.05) is 20.1 Å². The van der Waals surface area contributed by atoms with Crippen molar-refractivity contribution in [2.24, 2.45) is 5.92 Å². The van der Waals surface area contributed by atoms with E-state index in [1.807, 2.05) is 29.5 Å². The zero-order chi connectivity index (χ0) is 22.6. The van der Waals surface area contributed by atoms with Gasteiger partial charge in [-0.15, -0.1) is 11.3 Å². The van der Waals surface area contributed by atoms with E-state index in [9.17, 15) is 4.79 Å². The number of hydrogen-bond acceptors (Lipinski definition) is 6. The molecule has 1 atom stereocenters. The molecule has 5 nitrogen and oxygen atoms in total. The Kier molecular flexibility index (Phi) is 6.80. The molecule has 5 rings (SSSR count). The van der Waals surface area contributed by atoms with E-state index in [4.69, 9.17) is 0 Å². The molecule has 1 unspecified atom stereocenters. The van der Waals surface area contributed by atoms with Crippen LogP contribution in [-0.4, -0.2) is 50.6 Å². The number of carbonyl (C=O) groups is 1. The van der Waals surface area contributed by atoms with Crippen molar-refractivity contribution in [1.29, 1.82) is 0 Å². The van der Waals surface area contributed by atoms with Crippen molar-refractivity contribution in [2.45, 2.75) is 31.8 Å². The van der Waals surface area contributed by atoms with Gasteiger partial charge in [-0.3, -0.25) is 9.69 Å². The molecule has 1 aliphatic heterocycles. The Morgan fingerprint density at radius 3 is 2.58 bits per heavy atom. The Hall–Kier alpha value is -2.61. The molecule has 0 saturated carbocycles. The average Bonchev–Trinajstić information content (AvgIpc) is 3.55. The molecule has 33 heavy (non-hydrogen) atoms. The molecule has 0 spiro atoms. The molecular weight excluding hydrogens is 448 g/mol. The van der Waals surface area contributed by atoms with Crippen LogP contribution in [0.4, 0.5) is 0 Å². The second kappa shape index (κ2) is 10.1. The van der Waals surface area contributed by atoms with Gasteiger partial charge in [-0.2, -0.15) is 8.75 Å². The second-order valence-corrected chi connectivity index (χ2v) is 10.3. The van der Waals surface area contributed by atoms with Crippen LogP contribution in [0.15, 0.2) is 66.0 Å². The van der Waals surface area contributed by atoms with Crippen molar-refractivity contribution < 1.29 is 4.79 Å². The fourth-order valence-corrected chi connectivity index (χ4v) is 6.10. The lowest BCUT2D eigenvalue weighted by Crippen LogP contribution is -2.47. The maximum absolute atomic E-state index is 13.2. The number of piperidine rings is 1. The van der Waals surface area contributed by atoms with E-state index in [2.05, 4.69) is 62.2 Å². The molecule has 0 aliphatic carbocycles. The molecule has 1 fully saturated rings. The van der Waals surface area contributed by atoms with E-state index in [1.165, 1.54) is 34.2 Å². The lowest BCUT2D eigenvalue weighted by atomic mass is 9.84. The number of rotatable bonds is 7. The van der Waals surface area contributed by atoms with Gasteiger partial charge in [0.15, 0.2) is 0 Å². The minimum atomic E-state index is 0.138. The summed E-state index contributed by atoms with van der Waals surface area (Å²) in [7, 11) is 1.99. The largest absolute Gasteiger partial charge is 0.337 e. The highest BCUT2D eigenvalue weighted by atomic mass is 32.1. The van der Waals surface area contributed by atoms with Gasteiger partial charge in [0.1, 0.15) is 11.0 Å². The summed E-state index contributed by atoms with van der Waals surface area (Å²) in [5, 5.41) is 1.98. The number of nitrogens with zero attached hydrogens (tertiary/aromatic N) is 4. The molecule has 0 N–H and O–H groups in total. The summed E-state index contributed by atoms with van der Waals surface area (Å²) in [6.45, 7) is 3.03. The van der Waals surface area contributed by atoms with E-state index < -0.39 is 0 Å². The van der Waals surface area contributed by atoms with Crippen LogP contribution in [0.25, 0.3) is 11.0 Å². The maximum atomic E-state index is 13.2. The third-order valence-corrected chi connectivity index (χ3v) is 8.15. The molecular formula is C26H28N4OS2. The van der Waals surface area contributed by atoms with Gasteiger partial charge < -0.3 is 4.90 Å². The average molecular weight is 477 g/mol. The standard InChI is InChI=1S/C26H28N4OS2/c1-29(26(31)25-8-5-15-32-25)24(17-19-6-3-2-4-7-19)21-11-13-30(14-12-21)18-20-9-10-22-23(16-20)28-33-27-22/h2-10,15-16,21,24H,11-14,17-18H2,1H3. The van der Waals surface area contributed by atoms with Crippen LogP contribution in [0.1, 0.15) is 33.6 Å². The number of aromatic nitrogens is 2. The quantitative estimate of drug-likeness (QED) is 0.361. The lowest BCUT2D eigenvalue weighted by molar-refractivity contribution is 0.0589. The number of likely N-dealkylation sites (N-methyl/N-ethyl adjacent to an activating group) is 1. The van der Waals surface area contributed by atoms with Gasteiger partial charge in [0.05, 0.1) is 16.6 Å². The molecule has 0 radical (unpaired) electrons. The van der Waals surface area contributed by atoms with Crippen molar-refractivity contribution in [3.05, 3.63) is 82.0 Å². The molecule has 0 bridgehead atoms. The fourth-order valence-electron chi connectivity index (χ4n) is 4.88. The number of hydrogen-bond donors (Lipinski definition) is 0. The Bertz CT molecular complexity index is 1180. The Morgan fingerprint density at radius 2 is 1.82 bits per heavy atom. The fraction of sp³-hybridized carbons (Fsp3) is 0.346. The van der Waals surface area contributed by atoms with E-state index in [-0.39, 0.29) is 11.9 Å². The Labute approximate surface area is 203 Å². The molecule has 1 amide bonds. The van der Waals surface area contributed by atoms with Gasteiger partial charge >= 0.3 is 0 Å². The summed E-state index contributed by atoms with van der Waals surface area (Å²) in [5.41, 5.74) is 4.55. The SMILES string of the molecule is CN(C(=O)c1cccs1)C(Cc1ccccc1)C1CCN(Cc2ccc3nsnc3c2)CC1. The van der Waals surface area contributed by atoms with E-state index in [0.717, 1.165) is 54.8 Å². The molecule has 170 valence electrons. The Morgan fingerprint density at radius 1 is 1.03 bits per heavy atom.